The molecule has 0 aromatic rings. The van der Waals surface area contributed by atoms with Crippen LogP contribution in [0.2, 0.25) is 0 Å². The second-order valence-corrected chi connectivity index (χ2v) is 8.76. The molecule has 1 saturated heterocycles. The molecule has 1 saturated carbocycles. The lowest BCUT2D eigenvalue weighted by atomic mass is 9.86. The van der Waals surface area contributed by atoms with E-state index in [4.69, 9.17) is 9.47 Å². The third-order valence-corrected chi connectivity index (χ3v) is 6.03. The van der Waals surface area contributed by atoms with Crippen LogP contribution in [0.5, 0.6) is 0 Å². The third-order valence-electron chi connectivity index (χ3n) is 5.00. The van der Waals surface area contributed by atoms with Gasteiger partial charge in [-0.15, -0.1) is 0 Å². The predicted molar refractivity (Wildman–Crippen MR) is 96.1 cm³/mol. The Morgan fingerprint density at radius 3 is 2.35 bits per heavy atom. The Morgan fingerprint density at radius 1 is 1.22 bits per heavy atom. The summed E-state index contributed by atoms with van der Waals surface area (Å²) in [4.78, 5) is 14.0. The second kappa shape index (κ2) is 7.73. The van der Waals surface area contributed by atoms with Gasteiger partial charge in [0.1, 0.15) is 5.60 Å². The number of alkyl halides is 1. The van der Waals surface area contributed by atoms with E-state index in [1.807, 2.05) is 25.7 Å². The second-order valence-electron chi connectivity index (χ2n) is 8.20. The predicted octanol–water partition coefficient (Wildman–Crippen LogP) is 4.75. The summed E-state index contributed by atoms with van der Waals surface area (Å²) in [5.41, 5.74) is -0.566. The minimum atomic E-state index is -0.435. The van der Waals surface area contributed by atoms with Crippen molar-refractivity contribution >= 4 is 22.0 Å². The van der Waals surface area contributed by atoms with Crippen molar-refractivity contribution in [1.29, 1.82) is 0 Å². The largest absolute Gasteiger partial charge is 0.444 e. The van der Waals surface area contributed by atoms with Crippen molar-refractivity contribution < 1.29 is 14.3 Å². The average Bonchev–Trinajstić information content (AvgIpc) is 2.48. The molecule has 0 aromatic carbocycles. The summed E-state index contributed by atoms with van der Waals surface area (Å²) in [6.45, 7) is 9.45. The topological polar surface area (TPSA) is 38.8 Å². The van der Waals surface area contributed by atoms with Gasteiger partial charge in [-0.05, 0) is 52.4 Å². The first-order valence-corrected chi connectivity index (χ1v) is 10.1. The fourth-order valence-electron chi connectivity index (χ4n) is 3.48. The van der Waals surface area contributed by atoms with Gasteiger partial charge in [0, 0.05) is 18.4 Å². The lowest BCUT2D eigenvalue weighted by Crippen LogP contribution is -2.52. The summed E-state index contributed by atoms with van der Waals surface area (Å²) in [5, 5.41) is 0.839. The Bertz CT molecular complexity index is 400. The minimum Gasteiger partial charge on any atom is -0.444 e. The Balaban J connectivity index is 1.90. The van der Waals surface area contributed by atoms with Crippen molar-refractivity contribution in [2.24, 2.45) is 5.92 Å². The van der Waals surface area contributed by atoms with Crippen molar-refractivity contribution in [3.63, 3.8) is 0 Å². The van der Waals surface area contributed by atoms with E-state index in [1.54, 1.807) is 0 Å². The van der Waals surface area contributed by atoms with Crippen LogP contribution in [-0.4, -0.2) is 46.7 Å². The number of hydrogen-bond acceptors (Lipinski definition) is 3. The summed E-state index contributed by atoms with van der Waals surface area (Å²) in [6, 6.07) is 0. The van der Waals surface area contributed by atoms with Crippen LogP contribution >= 0.6 is 15.9 Å². The first-order valence-electron chi connectivity index (χ1n) is 8.96. The van der Waals surface area contributed by atoms with Gasteiger partial charge >= 0.3 is 6.09 Å². The first-order chi connectivity index (χ1) is 10.7. The maximum atomic E-state index is 12.2. The zero-order valence-corrected chi connectivity index (χ0v) is 16.7. The zero-order chi connectivity index (χ0) is 17.1. The number of ether oxygens (including phenoxy) is 2. The molecule has 5 heteroatoms. The number of rotatable bonds is 3. The number of amides is 1. The summed E-state index contributed by atoms with van der Waals surface area (Å²) < 4.78 is 12.1. The van der Waals surface area contributed by atoms with Gasteiger partial charge in [-0.2, -0.15) is 0 Å². The summed E-state index contributed by atoms with van der Waals surface area (Å²) in [6.07, 6.45) is 6.97. The molecule has 2 aliphatic rings. The van der Waals surface area contributed by atoms with Gasteiger partial charge in [-0.1, -0.05) is 35.7 Å². The van der Waals surface area contributed by atoms with Gasteiger partial charge in [-0.25, -0.2) is 4.79 Å². The number of hydrogen-bond donors (Lipinski definition) is 0. The van der Waals surface area contributed by atoms with E-state index in [-0.39, 0.29) is 11.7 Å². The number of carbonyl (C=O) groups is 1. The molecule has 23 heavy (non-hydrogen) atoms. The van der Waals surface area contributed by atoms with E-state index in [9.17, 15) is 4.79 Å². The van der Waals surface area contributed by atoms with Crippen molar-refractivity contribution in [2.45, 2.75) is 83.5 Å². The molecule has 0 aromatic heterocycles. The smallest absolute Gasteiger partial charge is 0.410 e. The molecule has 1 amide bonds. The molecule has 2 atom stereocenters. The summed E-state index contributed by atoms with van der Waals surface area (Å²) in [7, 11) is 0. The molecule has 0 radical (unpaired) electrons. The molecule has 0 bridgehead atoms. The van der Waals surface area contributed by atoms with Crippen LogP contribution in [0.4, 0.5) is 4.79 Å². The molecule has 1 aliphatic carbocycles. The van der Waals surface area contributed by atoms with Gasteiger partial charge in [0.25, 0.3) is 0 Å². The molecule has 4 nitrogen and oxygen atoms in total. The van der Waals surface area contributed by atoms with Gasteiger partial charge < -0.3 is 14.4 Å². The number of likely N-dealkylation sites (tertiary alicyclic amines) is 1. The lowest BCUT2D eigenvalue weighted by Gasteiger charge is -2.44. The highest BCUT2D eigenvalue weighted by atomic mass is 79.9. The molecule has 2 fully saturated rings. The van der Waals surface area contributed by atoms with E-state index < -0.39 is 5.60 Å². The zero-order valence-electron chi connectivity index (χ0n) is 15.1. The standard InChI is InChI=1S/C18H32BrNO3/c1-14-7-5-6-8-15(14)22-18(13-19)9-11-20(12-10-18)16(21)23-17(2,3)4/h14-15H,5-13H2,1-4H3. The van der Waals surface area contributed by atoms with E-state index >= 15 is 0 Å². The van der Waals surface area contributed by atoms with Gasteiger partial charge in [0.2, 0.25) is 0 Å². The van der Waals surface area contributed by atoms with E-state index in [0.29, 0.717) is 25.1 Å². The molecular formula is C18H32BrNO3. The molecule has 2 rings (SSSR count). The number of nitrogens with zero attached hydrogens (tertiary/aromatic N) is 1. The lowest BCUT2D eigenvalue weighted by molar-refractivity contribution is -0.133. The average molecular weight is 390 g/mol. The van der Waals surface area contributed by atoms with Crippen molar-refractivity contribution in [1.82, 2.24) is 4.90 Å². The highest BCUT2D eigenvalue weighted by Crippen LogP contribution is 2.36. The van der Waals surface area contributed by atoms with E-state index in [2.05, 4.69) is 22.9 Å². The van der Waals surface area contributed by atoms with Crippen LogP contribution in [0.15, 0.2) is 0 Å². The number of piperidine rings is 1. The SMILES string of the molecule is CC1CCCCC1OC1(CBr)CCN(C(=O)OC(C)(C)C)CC1. The summed E-state index contributed by atoms with van der Waals surface area (Å²) in [5.74, 6) is 0.642. The fraction of sp³-hybridized carbons (Fsp3) is 0.944. The third kappa shape index (κ3) is 5.35. The van der Waals surface area contributed by atoms with E-state index in [0.717, 1.165) is 18.2 Å². The maximum absolute atomic E-state index is 12.2. The van der Waals surface area contributed by atoms with Crippen LogP contribution in [0.3, 0.4) is 0 Å². The molecule has 134 valence electrons. The maximum Gasteiger partial charge on any atom is 0.410 e. The minimum absolute atomic E-state index is 0.130. The quantitative estimate of drug-likeness (QED) is 0.653. The highest BCUT2D eigenvalue weighted by molar-refractivity contribution is 9.09. The monoisotopic (exact) mass is 389 g/mol. The van der Waals surface area contributed by atoms with Crippen LogP contribution in [0.1, 0.15) is 66.2 Å². The van der Waals surface area contributed by atoms with Crippen molar-refractivity contribution in [2.75, 3.05) is 18.4 Å². The molecule has 2 unspecified atom stereocenters. The van der Waals surface area contributed by atoms with Gasteiger partial charge in [0.05, 0.1) is 11.7 Å². The number of halogens is 1. The fourth-order valence-corrected chi connectivity index (χ4v) is 4.18. The normalized spacial score (nSPS) is 28.5. The number of carbonyl (C=O) groups excluding carboxylic acids is 1. The Labute approximate surface area is 149 Å². The molecular weight excluding hydrogens is 358 g/mol. The van der Waals surface area contributed by atoms with Crippen LogP contribution in [0.25, 0.3) is 0 Å². The van der Waals surface area contributed by atoms with Gasteiger partial charge in [0.15, 0.2) is 0 Å². The Hall–Kier alpha value is -0.290. The molecule has 1 aliphatic heterocycles. The Morgan fingerprint density at radius 2 is 1.83 bits per heavy atom. The van der Waals surface area contributed by atoms with Crippen LogP contribution in [0, 0.1) is 5.92 Å². The highest BCUT2D eigenvalue weighted by Gasteiger charge is 2.40. The molecule has 1 heterocycles. The molecule has 0 spiro atoms. The summed E-state index contributed by atoms with van der Waals surface area (Å²) >= 11 is 3.66. The van der Waals surface area contributed by atoms with Crippen molar-refractivity contribution in [3.05, 3.63) is 0 Å². The van der Waals surface area contributed by atoms with Crippen LogP contribution in [-0.2, 0) is 9.47 Å². The Kier molecular flexibility index (Phi) is 6.40. The first kappa shape index (κ1) is 19.0. The van der Waals surface area contributed by atoms with E-state index in [1.165, 1.54) is 25.7 Å². The van der Waals surface area contributed by atoms with Crippen LogP contribution < -0.4 is 0 Å². The molecule has 0 N–H and O–H groups in total. The van der Waals surface area contributed by atoms with Gasteiger partial charge in [-0.3, -0.25) is 0 Å². The van der Waals surface area contributed by atoms with Crippen molar-refractivity contribution in [3.8, 4) is 0 Å².